The van der Waals surface area contributed by atoms with Crippen LogP contribution in [0, 0.1) is 5.82 Å². The quantitative estimate of drug-likeness (QED) is 0.608. The first-order valence-corrected chi connectivity index (χ1v) is 5.04. The summed E-state index contributed by atoms with van der Waals surface area (Å²) in [6.45, 7) is 5.37. The molecular formula is C12H15FN2O. The van der Waals surface area contributed by atoms with E-state index in [1.54, 1.807) is 6.92 Å². The molecule has 16 heavy (non-hydrogen) atoms. The third-order valence-corrected chi connectivity index (χ3v) is 2.29. The number of hydrogen-bond acceptors (Lipinski definition) is 3. The lowest BCUT2D eigenvalue weighted by molar-refractivity contribution is 0.397. The van der Waals surface area contributed by atoms with Crippen LogP contribution in [0.25, 0.3) is 5.57 Å². The SMILES string of the molecule is C=C/C(=C(/O)CC)c1ccnc(CN)c1F. The maximum atomic E-state index is 13.9. The van der Waals surface area contributed by atoms with Gasteiger partial charge >= 0.3 is 0 Å². The minimum Gasteiger partial charge on any atom is -0.512 e. The molecule has 0 fully saturated rings. The summed E-state index contributed by atoms with van der Waals surface area (Å²) in [6, 6.07) is 1.50. The highest BCUT2D eigenvalue weighted by Crippen LogP contribution is 2.24. The van der Waals surface area contributed by atoms with Crippen molar-refractivity contribution in [3.05, 3.63) is 47.8 Å². The molecule has 0 aliphatic rings. The summed E-state index contributed by atoms with van der Waals surface area (Å²) < 4.78 is 13.9. The zero-order valence-electron chi connectivity index (χ0n) is 9.20. The summed E-state index contributed by atoms with van der Waals surface area (Å²) in [5.41, 5.74) is 6.21. The van der Waals surface area contributed by atoms with Crippen LogP contribution in [0.15, 0.2) is 30.7 Å². The molecule has 0 bridgehead atoms. The minimum absolute atomic E-state index is 0.0248. The lowest BCUT2D eigenvalue weighted by Gasteiger charge is -2.09. The molecule has 1 heterocycles. The van der Waals surface area contributed by atoms with Crippen molar-refractivity contribution in [3.8, 4) is 0 Å². The second-order valence-electron chi connectivity index (χ2n) is 3.24. The number of aliphatic hydroxyl groups excluding tert-OH is 1. The van der Waals surface area contributed by atoms with Gasteiger partial charge in [-0.15, -0.1) is 0 Å². The Hall–Kier alpha value is -1.68. The van der Waals surface area contributed by atoms with Gasteiger partial charge in [-0.25, -0.2) is 4.39 Å². The smallest absolute Gasteiger partial charge is 0.153 e. The number of halogens is 1. The summed E-state index contributed by atoms with van der Waals surface area (Å²) in [7, 11) is 0. The van der Waals surface area contributed by atoms with E-state index in [0.29, 0.717) is 12.0 Å². The molecule has 0 saturated heterocycles. The van der Waals surface area contributed by atoms with Crippen LogP contribution >= 0.6 is 0 Å². The lowest BCUT2D eigenvalue weighted by Crippen LogP contribution is -2.05. The maximum absolute atomic E-state index is 13.9. The molecule has 0 amide bonds. The summed E-state index contributed by atoms with van der Waals surface area (Å²) >= 11 is 0. The Morgan fingerprint density at radius 1 is 1.69 bits per heavy atom. The van der Waals surface area contributed by atoms with Crippen LogP contribution in [-0.4, -0.2) is 10.1 Å². The van der Waals surface area contributed by atoms with Gasteiger partial charge in [-0.3, -0.25) is 4.98 Å². The van der Waals surface area contributed by atoms with Crippen molar-refractivity contribution in [2.24, 2.45) is 5.73 Å². The summed E-state index contributed by atoms with van der Waals surface area (Å²) in [5.74, 6) is -0.400. The van der Waals surface area contributed by atoms with E-state index in [-0.39, 0.29) is 23.6 Å². The number of aromatic nitrogens is 1. The molecule has 0 spiro atoms. The standard InChI is InChI=1S/C12H15FN2O/c1-3-8(11(16)4-2)9-5-6-15-10(7-14)12(9)13/h3,5-6,16H,1,4,7,14H2,2H3/b11-8-. The van der Waals surface area contributed by atoms with Gasteiger partial charge in [-0.05, 0) is 6.07 Å². The Kier molecular flexibility index (Phi) is 4.19. The summed E-state index contributed by atoms with van der Waals surface area (Å²) in [5, 5.41) is 9.65. The first-order chi connectivity index (χ1) is 7.65. The van der Waals surface area contributed by atoms with Gasteiger partial charge in [-0.1, -0.05) is 19.6 Å². The molecule has 0 saturated carbocycles. The van der Waals surface area contributed by atoms with Gasteiger partial charge in [0.05, 0.1) is 11.5 Å². The van der Waals surface area contributed by atoms with E-state index < -0.39 is 5.82 Å². The average Bonchev–Trinajstić information content (AvgIpc) is 2.31. The van der Waals surface area contributed by atoms with E-state index in [1.165, 1.54) is 18.3 Å². The fourth-order valence-corrected chi connectivity index (χ4v) is 1.41. The molecule has 1 aromatic heterocycles. The van der Waals surface area contributed by atoms with Crippen LogP contribution in [0.4, 0.5) is 4.39 Å². The summed E-state index contributed by atoms with van der Waals surface area (Å²) in [6.07, 6.45) is 3.31. The number of nitrogens with zero attached hydrogens (tertiary/aromatic N) is 1. The molecule has 1 aromatic rings. The molecule has 4 heteroatoms. The monoisotopic (exact) mass is 222 g/mol. The molecule has 1 rings (SSSR count). The van der Waals surface area contributed by atoms with Gasteiger partial charge in [-0.2, -0.15) is 0 Å². The number of rotatable bonds is 4. The van der Waals surface area contributed by atoms with E-state index in [2.05, 4.69) is 11.6 Å². The Morgan fingerprint density at radius 3 is 2.88 bits per heavy atom. The fraction of sp³-hybridized carbons (Fsp3) is 0.250. The predicted octanol–water partition coefficient (Wildman–Crippen LogP) is 2.54. The van der Waals surface area contributed by atoms with E-state index in [4.69, 9.17) is 5.73 Å². The first-order valence-electron chi connectivity index (χ1n) is 5.04. The van der Waals surface area contributed by atoms with Crippen LogP contribution < -0.4 is 5.73 Å². The topological polar surface area (TPSA) is 59.1 Å². The second kappa shape index (κ2) is 5.42. The van der Waals surface area contributed by atoms with Gasteiger partial charge in [0.25, 0.3) is 0 Å². The van der Waals surface area contributed by atoms with Crippen molar-refractivity contribution in [2.75, 3.05) is 0 Å². The van der Waals surface area contributed by atoms with Crippen LogP contribution in [0.5, 0.6) is 0 Å². The molecule has 86 valence electrons. The van der Waals surface area contributed by atoms with Crippen molar-refractivity contribution in [2.45, 2.75) is 19.9 Å². The molecular weight excluding hydrogens is 207 g/mol. The van der Waals surface area contributed by atoms with Gasteiger partial charge in [0.2, 0.25) is 0 Å². The molecule has 0 aliphatic carbocycles. The highest BCUT2D eigenvalue weighted by Gasteiger charge is 2.13. The van der Waals surface area contributed by atoms with Crippen LogP contribution in [0.2, 0.25) is 0 Å². The Balaban J connectivity index is 3.37. The molecule has 0 atom stereocenters. The van der Waals surface area contributed by atoms with Crippen LogP contribution in [0.3, 0.4) is 0 Å². The molecule has 3 nitrogen and oxygen atoms in total. The molecule has 0 aromatic carbocycles. The number of allylic oxidation sites excluding steroid dienone is 3. The maximum Gasteiger partial charge on any atom is 0.153 e. The zero-order chi connectivity index (χ0) is 12.1. The summed E-state index contributed by atoms with van der Waals surface area (Å²) in [4.78, 5) is 3.82. The van der Waals surface area contributed by atoms with Gasteiger partial charge in [0.1, 0.15) is 0 Å². The Morgan fingerprint density at radius 2 is 2.38 bits per heavy atom. The minimum atomic E-state index is -0.500. The van der Waals surface area contributed by atoms with Crippen molar-refractivity contribution in [1.29, 1.82) is 0 Å². The fourth-order valence-electron chi connectivity index (χ4n) is 1.41. The first kappa shape index (κ1) is 12.4. The van der Waals surface area contributed by atoms with E-state index >= 15 is 0 Å². The molecule has 0 radical (unpaired) electrons. The highest BCUT2D eigenvalue weighted by atomic mass is 19.1. The van der Waals surface area contributed by atoms with Crippen LogP contribution in [-0.2, 0) is 6.54 Å². The van der Waals surface area contributed by atoms with Gasteiger partial charge < -0.3 is 10.8 Å². The van der Waals surface area contributed by atoms with Crippen LogP contribution in [0.1, 0.15) is 24.6 Å². The van der Waals surface area contributed by atoms with Crippen molar-refractivity contribution >= 4 is 5.57 Å². The van der Waals surface area contributed by atoms with Crippen molar-refractivity contribution in [1.82, 2.24) is 4.98 Å². The molecule has 0 unspecified atom stereocenters. The Bertz CT molecular complexity index is 427. The molecule has 0 aliphatic heterocycles. The Labute approximate surface area is 94.1 Å². The zero-order valence-corrected chi connectivity index (χ0v) is 9.20. The van der Waals surface area contributed by atoms with Crippen molar-refractivity contribution < 1.29 is 9.50 Å². The second-order valence-corrected chi connectivity index (χ2v) is 3.24. The number of hydrogen-bond donors (Lipinski definition) is 2. The number of pyridine rings is 1. The van der Waals surface area contributed by atoms with Gasteiger partial charge in [0, 0.05) is 30.3 Å². The predicted molar refractivity (Wildman–Crippen MR) is 62.1 cm³/mol. The molecule has 3 N–H and O–H groups in total. The third-order valence-electron chi connectivity index (χ3n) is 2.29. The third kappa shape index (κ3) is 2.28. The average molecular weight is 222 g/mol. The van der Waals surface area contributed by atoms with E-state index in [0.717, 1.165) is 0 Å². The van der Waals surface area contributed by atoms with Crippen molar-refractivity contribution in [3.63, 3.8) is 0 Å². The highest BCUT2D eigenvalue weighted by molar-refractivity contribution is 5.75. The van der Waals surface area contributed by atoms with E-state index in [1.807, 2.05) is 0 Å². The van der Waals surface area contributed by atoms with E-state index in [9.17, 15) is 9.50 Å². The largest absolute Gasteiger partial charge is 0.512 e. The number of nitrogens with two attached hydrogens (primary N) is 1. The van der Waals surface area contributed by atoms with Gasteiger partial charge in [0.15, 0.2) is 5.82 Å². The normalized spacial score (nSPS) is 12.2. The number of aliphatic hydroxyl groups is 1. The lowest BCUT2D eigenvalue weighted by atomic mass is 10.0.